The third-order valence-electron chi connectivity index (χ3n) is 5.21. The van der Waals surface area contributed by atoms with Crippen LogP contribution in [0.1, 0.15) is 48.6 Å². The van der Waals surface area contributed by atoms with Gasteiger partial charge in [0.1, 0.15) is 5.82 Å². The second kappa shape index (κ2) is 7.88. The molecule has 0 radical (unpaired) electrons. The maximum absolute atomic E-state index is 12.1. The molecule has 1 aliphatic carbocycles. The van der Waals surface area contributed by atoms with Crippen LogP contribution in [-0.2, 0) is 13.1 Å². The number of rotatable bonds is 6. The standard InChI is InChI=1S/C21H25N5O/c1-26(14-18-10-11-22-25-18)13-15-6-8-17(9-7-15)21-23-19(12-20(27)24-21)16-4-2-3-5-16/h6-12,16H,2-5,13-14H2,1H3,(H,22,25)(H,23,24,27). The number of benzene rings is 1. The molecule has 6 heteroatoms. The van der Waals surface area contributed by atoms with Crippen molar-refractivity contribution in [3.8, 4) is 11.4 Å². The maximum Gasteiger partial charge on any atom is 0.251 e. The van der Waals surface area contributed by atoms with Crippen molar-refractivity contribution in [2.45, 2.75) is 44.7 Å². The SMILES string of the molecule is CN(Cc1ccc(-c2nc(C3CCCC3)cc(=O)[nH]2)cc1)Cc1ccn[nH]1. The molecule has 1 aromatic carbocycles. The smallest absolute Gasteiger partial charge is 0.251 e. The number of aromatic nitrogens is 4. The molecule has 0 atom stereocenters. The number of hydrogen-bond acceptors (Lipinski definition) is 4. The number of nitrogens with one attached hydrogen (secondary N) is 2. The monoisotopic (exact) mass is 363 g/mol. The Morgan fingerprint density at radius 2 is 1.89 bits per heavy atom. The van der Waals surface area contributed by atoms with Crippen molar-refractivity contribution >= 4 is 0 Å². The first-order chi connectivity index (χ1) is 13.2. The van der Waals surface area contributed by atoms with Gasteiger partial charge in [0.25, 0.3) is 5.56 Å². The zero-order valence-electron chi connectivity index (χ0n) is 15.6. The van der Waals surface area contributed by atoms with Crippen LogP contribution in [0.25, 0.3) is 11.4 Å². The largest absolute Gasteiger partial charge is 0.307 e. The Balaban J connectivity index is 1.48. The van der Waals surface area contributed by atoms with E-state index in [4.69, 9.17) is 4.98 Å². The second-order valence-corrected chi connectivity index (χ2v) is 7.45. The molecule has 140 valence electrons. The highest BCUT2D eigenvalue weighted by Crippen LogP contribution is 2.33. The zero-order chi connectivity index (χ0) is 18.6. The Bertz CT molecular complexity index is 924. The number of H-pyrrole nitrogens is 2. The molecule has 3 aromatic rings. The fraction of sp³-hybridized carbons (Fsp3) is 0.381. The van der Waals surface area contributed by atoms with Crippen LogP contribution < -0.4 is 5.56 Å². The zero-order valence-corrected chi connectivity index (χ0v) is 15.6. The first-order valence-corrected chi connectivity index (χ1v) is 9.55. The summed E-state index contributed by atoms with van der Waals surface area (Å²) in [4.78, 5) is 22.0. The van der Waals surface area contributed by atoms with Gasteiger partial charge in [-0.2, -0.15) is 5.10 Å². The highest BCUT2D eigenvalue weighted by Gasteiger charge is 2.19. The fourth-order valence-electron chi connectivity index (χ4n) is 3.84. The van der Waals surface area contributed by atoms with E-state index in [1.54, 1.807) is 12.3 Å². The molecule has 2 heterocycles. The van der Waals surface area contributed by atoms with Crippen molar-refractivity contribution in [3.63, 3.8) is 0 Å². The average Bonchev–Trinajstić information content (AvgIpc) is 3.36. The molecule has 1 aliphatic rings. The molecule has 6 nitrogen and oxygen atoms in total. The molecule has 2 N–H and O–H groups in total. The minimum Gasteiger partial charge on any atom is -0.307 e. The van der Waals surface area contributed by atoms with Gasteiger partial charge in [0.05, 0.1) is 5.69 Å². The highest BCUT2D eigenvalue weighted by molar-refractivity contribution is 5.55. The summed E-state index contributed by atoms with van der Waals surface area (Å²) in [6, 6.07) is 11.9. The molecule has 1 saturated carbocycles. The van der Waals surface area contributed by atoms with E-state index in [-0.39, 0.29) is 5.56 Å². The fourth-order valence-corrected chi connectivity index (χ4v) is 3.84. The third-order valence-corrected chi connectivity index (χ3v) is 5.21. The van der Waals surface area contributed by atoms with E-state index in [9.17, 15) is 4.79 Å². The van der Waals surface area contributed by atoms with Crippen LogP contribution in [0, 0.1) is 0 Å². The van der Waals surface area contributed by atoms with Crippen LogP contribution >= 0.6 is 0 Å². The van der Waals surface area contributed by atoms with E-state index in [2.05, 4.69) is 39.3 Å². The number of aromatic amines is 2. The van der Waals surface area contributed by atoms with E-state index in [0.29, 0.717) is 11.7 Å². The van der Waals surface area contributed by atoms with Crippen LogP contribution in [-0.4, -0.2) is 32.1 Å². The Labute approximate surface area is 158 Å². The molecule has 0 aliphatic heterocycles. The van der Waals surface area contributed by atoms with Gasteiger partial charge in [-0.05, 0) is 31.5 Å². The molecule has 0 spiro atoms. The molecule has 0 saturated heterocycles. The van der Waals surface area contributed by atoms with Crippen LogP contribution in [0.4, 0.5) is 0 Å². The van der Waals surface area contributed by atoms with Gasteiger partial charge in [-0.3, -0.25) is 14.8 Å². The average molecular weight is 363 g/mol. The summed E-state index contributed by atoms with van der Waals surface area (Å²) in [7, 11) is 2.08. The summed E-state index contributed by atoms with van der Waals surface area (Å²) in [5.74, 6) is 1.10. The summed E-state index contributed by atoms with van der Waals surface area (Å²) < 4.78 is 0. The Morgan fingerprint density at radius 1 is 1.11 bits per heavy atom. The topological polar surface area (TPSA) is 77.7 Å². The van der Waals surface area contributed by atoms with E-state index in [1.165, 1.54) is 18.4 Å². The third kappa shape index (κ3) is 4.34. The first kappa shape index (κ1) is 17.7. The molecule has 4 rings (SSSR count). The lowest BCUT2D eigenvalue weighted by Crippen LogP contribution is -2.17. The van der Waals surface area contributed by atoms with E-state index >= 15 is 0 Å². The van der Waals surface area contributed by atoms with Gasteiger partial charge in [-0.25, -0.2) is 4.98 Å². The van der Waals surface area contributed by atoms with Crippen LogP contribution in [0.3, 0.4) is 0 Å². The van der Waals surface area contributed by atoms with Crippen LogP contribution in [0.15, 0.2) is 47.4 Å². The highest BCUT2D eigenvalue weighted by atomic mass is 16.1. The van der Waals surface area contributed by atoms with Gasteiger partial charge in [0, 0.05) is 42.5 Å². The van der Waals surface area contributed by atoms with Gasteiger partial charge >= 0.3 is 0 Å². The molecule has 1 fully saturated rings. The minimum absolute atomic E-state index is 0.0646. The molecule has 27 heavy (non-hydrogen) atoms. The van der Waals surface area contributed by atoms with Crippen molar-refractivity contribution in [1.29, 1.82) is 0 Å². The van der Waals surface area contributed by atoms with Crippen LogP contribution in [0.2, 0.25) is 0 Å². The predicted molar refractivity (Wildman–Crippen MR) is 105 cm³/mol. The number of nitrogens with zero attached hydrogens (tertiary/aromatic N) is 3. The molecule has 0 unspecified atom stereocenters. The van der Waals surface area contributed by atoms with Crippen molar-refractivity contribution < 1.29 is 0 Å². The molecular formula is C21H25N5O. The summed E-state index contributed by atoms with van der Waals surface area (Å²) >= 11 is 0. The molecular weight excluding hydrogens is 338 g/mol. The quantitative estimate of drug-likeness (QED) is 0.703. The summed E-state index contributed by atoms with van der Waals surface area (Å²) in [6.45, 7) is 1.66. The lowest BCUT2D eigenvalue weighted by molar-refractivity contribution is 0.315. The summed E-state index contributed by atoms with van der Waals surface area (Å²) in [5, 5.41) is 6.97. The van der Waals surface area contributed by atoms with Crippen molar-refractivity contribution in [2.75, 3.05) is 7.05 Å². The van der Waals surface area contributed by atoms with Crippen molar-refractivity contribution in [2.24, 2.45) is 0 Å². The predicted octanol–water partition coefficient (Wildman–Crippen LogP) is 3.45. The van der Waals surface area contributed by atoms with Gasteiger partial charge < -0.3 is 4.98 Å². The lowest BCUT2D eigenvalue weighted by atomic mass is 10.0. The summed E-state index contributed by atoms with van der Waals surface area (Å²) in [6.07, 6.45) is 6.50. The van der Waals surface area contributed by atoms with Crippen LogP contribution in [0.5, 0.6) is 0 Å². The lowest BCUT2D eigenvalue weighted by Gasteiger charge is -2.16. The van der Waals surface area contributed by atoms with E-state index in [0.717, 1.165) is 42.9 Å². The van der Waals surface area contributed by atoms with Gasteiger partial charge in [0.2, 0.25) is 0 Å². The van der Waals surface area contributed by atoms with E-state index in [1.807, 2.05) is 18.2 Å². The molecule has 2 aromatic heterocycles. The normalized spacial score (nSPS) is 14.9. The minimum atomic E-state index is -0.0646. The van der Waals surface area contributed by atoms with Gasteiger partial charge in [-0.1, -0.05) is 37.1 Å². The summed E-state index contributed by atoms with van der Waals surface area (Å²) in [5.41, 5.74) is 4.14. The van der Waals surface area contributed by atoms with Gasteiger partial charge in [-0.15, -0.1) is 0 Å². The van der Waals surface area contributed by atoms with Gasteiger partial charge in [0.15, 0.2) is 0 Å². The Morgan fingerprint density at radius 3 is 2.59 bits per heavy atom. The number of hydrogen-bond donors (Lipinski definition) is 2. The second-order valence-electron chi connectivity index (χ2n) is 7.45. The Kier molecular flexibility index (Phi) is 5.16. The maximum atomic E-state index is 12.1. The van der Waals surface area contributed by atoms with Crippen molar-refractivity contribution in [1.82, 2.24) is 25.1 Å². The Hall–Kier alpha value is -2.73. The first-order valence-electron chi connectivity index (χ1n) is 9.55. The molecule has 0 amide bonds. The van der Waals surface area contributed by atoms with Crippen molar-refractivity contribution in [3.05, 3.63) is 69.9 Å². The van der Waals surface area contributed by atoms with E-state index < -0.39 is 0 Å². The molecule has 0 bridgehead atoms.